The van der Waals surface area contributed by atoms with Crippen molar-refractivity contribution < 1.29 is 9.90 Å². The molecule has 0 spiro atoms. The Hall–Kier alpha value is -3.75. The van der Waals surface area contributed by atoms with Crippen LogP contribution in [0.15, 0.2) is 60.9 Å². The lowest BCUT2D eigenvalue weighted by Gasteiger charge is -2.32. The Kier molecular flexibility index (Phi) is 7.72. The van der Waals surface area contributed by atoms with Crippen molar-refractivity contribution in [3.8, 4) is 11.1 Å². The fourth-order valence-corrected chi connectivity index (χ4v) is 5.33. The number of amides is 1. The Balaban J connectivity index is 1.26. The van der Waals surface area contributed by atoms with Crippen LogP contribution >= 0.6 is 0 Å². The number of piperidine rings is 1. The smallest absolute Gasteiger partial charge is 0.253 e. The highest BCUT2D eigenvalue weighted by Crippen LogP contribution is 2.32. The van der Waals surface area contributed by atoms with Gasteiger partial charge in [-0.15, -0.1) is 0 Å². The predicted molar refractivity (Wildman–Crippen MR) is 151 cm³/mol. The lowest BCUT2D eigenvalue weighted by Crippen LogP contribution is -2.33. The summed E-state index contributed by atoms with van der Waals surface area (Å²) in [4.78, 5) is 25.5. The van der Waals surface area contributed by atoms with Gasteiger partial charge in [-0.3, -0.25) is 9.69 Å². The van der Waals surface area contributed by atoms with Crippen molar-refractivity contribution in [3.05, 3.63) is 77.7 Å². The van der Waals surface area contributed by atoms with Gasteiger partial charge in [-0.25, -0.2) is 9.97 Å². The van der Waals surface area contributed by atoms with Crippen molar-refractivity contribution in [2.75, 3.05) is 45.7 Å². The molecule has 1 amide bonds. The van der Waals surface area contributed by atoms with Gasteiger partial charge in [0.15, 0.2) is 0 Å². The average molecular weight is 513 g/mol. The van der Waals surface area contributed by atoms with Crippen LogP contribution in [0, 0.1) is 0 Å². The minimum Gasteiger partial charge on any atom is -0.395 e. The molecule has 3 aromatic heterocycles. The summed E-state index contributed by atoms with van der Waals surface area (Å²) in [5.41, 5.74) is 6.45. The Bertz CT molecular complexity index is 1390. The van der Waals surface area contributed by atoms with Crippen LogP contribution in [-0.4, -0.2) is 75.7 Å². The van der Waals surface area contributed by atoms with Crippen molar-refractivity contribution in [1.82, 2.24) is 24.3 Å². The zero-order valence-corrected chi connectivity index (χ0v) is 22.4. The Labute approximate surface area is 223 Å². The molecule has 0 bridgehead atoms. The SMILES string of the molecule is CN(C)C(=O)c1ccc(C2CCN(Cc3cc4c(-c5ccc(NCCO)nc5)ccnc4n3C)CC2)cc1. The number of carbonyl (C=O) groups excluding carboxylic acids is 1. The predicted octanol–water partition coefficient (Wildman–Crippen LogP) is 4.12. The molecule has 4 aromatic rings. The lowest BCUT2D eigenvalue weighted by molar-refractivity contribution is 0.0827. The molecule has 8 nitrogen and oxygen atoms in total. The molecule has 0 atom stereocenters. The molecule has 1 fully saturated rings. The number of pyridine rings is 2. The second-order valence-electron chi connectivity index (χ2n) is 10.2. The van der Waals surface area contributed by atoms with Crippen molar-refractivity contribution in [2.45, 2.75) is 25.3 Å². The summed E-state index contributed by atoms with van der Waals surface area (Å²) in [6.07, 6.45) is 5.95. The van der Waals surface area contributed by atoms with Gasteiger partial charge in [0.05, 0.1) is 6.61 Å². The molecule has 8 heteroatoms. The van der Waals surface area contributed by atoms with Crippen molar-refractivity contribution in [1.29, 1.82) is 0 Å². The molecule has 1 aliphatic heterocycles. The number of rotatable bonds is 8. The normalized spacial score (nSPS) is 14.6. The molecule has 38 heavy (non-hydrogen) atoms. The van der Waals surface area contributed by atoms with E-state index in [4.69, 9.17) is 5.11 Å². The van der Waals surface area contributed by atoms with Crippen LogP contribution in [0.1, 0.15) is 40.4 Å². The van der Waals surface area contributed by atoms with Crippen LogP contribution in [-0.2, 0) is 13.6 Å². The van der Waals surface area contributed by atoms with E-state index in [0.29, 0.717) is 12.5 Å². The Morgan fingerprint density at radius 1 is 1.08 bits per heavy atom. The van der Waals surface area contributed by atoms with Crippen LogP contribution < -0.4 is 5.32 Å². The van der Waals surface area contributed by atoms with Gasteiger partial charge in [0.25, 0.3) is 5.91 Å². The average Bonchev–Trinajstić information content (AvgIpc) is 3.27. The van der Waals surface area contributed by atoms with Crippen LogP contribution in [0.5, 0.6) is 0 Å². The van der Waals surface area contributed by atoms with Crippen LogP contribution in [0.4, 0.5) is 5.82 Å². The number of anilines is 1. The molecule has 0 unspecified atom stereocenters. The lowest BCUT2D eigenvalue weighted by atomic mass is 9.89. The van der Waals surface area contributed by atoms with Crippen LogP contribution in [0.25, 0.3) is 22.2 Å². The van der Waals surface area contributed by atoms with Gasteiger partial charge in [0.2, 0.25) is 0 Å². The van der Waals surface area contributed by atoms with Crippen molar-refractivity contribution in [3.63, 3.8) is 0 Å². The number of aliphatic hydroxyl groups excluding tert-OH is 1. The summed E-state index contributed by atoms with van der Waals surface area (Å²) >= 11 is 0. The molecule has 1 aliphatic rings. The Morgan fingerprint density at radius 3 is 2.50 bits per heavy atom. The van der Waals surface area contributed by atoms with E-state index in [1.165, 1.54) is 11.3 Å². The van der Waals surface area contributed by atoms with Gasteiger partial charge in [-0.2, -0.15) is 0 Å². The number of benzene rings is 1. The van der Waals surface area contributed by atoms with E-state index in [2.05, 4.69) is 56.1 Å². The first kappa shape index (κ1) is 25.9. The molecule has 1 saturated heterocycles. The molecule has 5 rings (SSSR count). The fraction of sp³-hybridized carbons (Fsp3) is 0.367. The van der Waals surface area contributed by atoms with Gasteiger partial charge in [-0.1, -0.05) is 12.1 Å². The third-order valence-corrected chi connectivity index (χ3v) is 7.53. The number of likely N-dealkylation sites (tertiary alicyclic amines) is 1. The van der Waals surface area contributed by atoms with Crippen LogP contribution in [0.3, 0.4) is 0 Å². The number of aliphatic hydroxyl groups is 1. The van der Waals surface area contributed by atoms with E-state index in [1.54, 1.807) is 19.0 Å². The molecule has 198 valence electrons. The summed E-state index contributed by atoms with van der Waals surface area (Å²) < 4.78 is 2.20. The summed E-state index contributed by atoms with van der Waals surface area (Å²) in [5.74, 6) is 1.32. The minimum absolute atomic E-state index is 0.0438. The number of nitrogens with zero attached hydrogens (tertiary/aromatic N) is 5. The molecule has 4 heterocycles. The number of aryl methyl sites for hydroxylation is 1. The maximum atomic E-state index is 12.2. The quantitative estimate of drug-likeness (QED) is 0.369. The summed E-state index contributed by atoms with van der Waals surface area (Å²) in [6, 6.07) is 16.5. The van der Waals surface area contributed by atoms with Crippen molar-refractivity contribution in [2.24, 2.45) is 7.05 Å². The summed E-state index contributed by atoms with van der Waals surface area (Å²) in [5, 5.41) is 13.2. The van der Waals surface area contributed by atoms with Gasteiger partial charge in [0.1, 0.15) is 11.5 Å². The number of nitrogens with one attached hydrogen (secondary N) is 1. The summed E-state index contributed by atoms with van der Waals surface area (Å²) in [6.45, 7) is 3.52. The molecule has 2 N–H and O–H groups in total. The van der Waals surface area contributed by atoms with E-state index in [9.17, 15) is 4.79 Å². The topological polar surface area (TPSA) is 86.5 Å². The number of aromatic nitrogens is 3. The van der Waals surface area contributed by atoms with Crippen LogP contribution in [0.2, 0.25) is 0 Å². The zero-order chi connectivity index (χ0) is 26.6. The van der Waals surface area contributed by atoms with E-state index < -0.39 is 0 Å². The molecule has 1 aromatic carbocycles. The third-order valence-electron chi connectivity index (χ3n) is 7.53. The highest BCUT2D eigenvalue weighted by atomic mass is 16.3. The minimum atomic E-state index is 0.0438. The zero-order valence-electron chi connectivity index (χ0n) is 22.4. The number of hydrogen-bond donors (Lipinski definition) is 2. The van der Waals surface area contributed by atoms with Gasteiger partial charge < -0.3 is 19.9 Å². The molecular weight excluding hydrogens is 476 g/mol. The molecule has 0 saturated carbocycles. The van der Waals surface area contributed by atoms with Gasteiger partial charge in [-0.05, 0) is 79.4 Å². The maximum Gasteiger partial charge on any atom is 0.253 e. The van der Waals surface area contributed by atoms with E-state index in [0.717, 1.165) is 66.0 Å². The first-order valence-electron chi connectivity index (χ1n) is 13.2. The largest absolute Gasteiger partial charge is 0.395 e. The standard InChI is InChI=1S/C30H36N6O2/c1-34(2)30(38)23-6-4-21(5-7-23)22-11-15-36(16-12-22)20-25-18-27-26(10-13-32-29(27)35(25)3)24-8-9-28(33-19-24)31-14-17-37/h4-10,13,18-19,22,37H,11-12,14-17,20H2,1-3H3,(H,31,33). The molecule has 0 aliphatic carbocycles. The monoisotopic (exact) mass is 512 g/mol. The second kappa shape index (κ2) is 11.3. The first-order valence-corrected chi connectivity index (χ1v) is 13.2. The molecule has 0 radical (unpaired) electrons. The van der Waals surface area contributed by atoms with E-state index in [1.807, 2.05) is 36.7 Å². The maximum absolute atomic E-state index is 12.2. The number of hydrogen-bond acceptors (Lipinski definition) is 6. The van der Waals surface area contributed by atoms with E-state index in [-0.39, 0.29) is 12.5 Å². The van der Waals surface area contributed by atoms with Gasteiger partial charge >= 0.3 is 0 Å². The summed E-state index contributed by atoms with van der Waals surface area (Å²) in [7, 11) is 5.66. The highest BCUT2D eigenvalue weighted by molar-refractivity contribution is 5.94. The molecular formula is C30H36N6O2. The third kappa shape index (κ3) is 5.42. The number of carbonyl (C=O) groups is 1. The van der Waals surface area contributed by atoms with Gasteiger partial charge in [0, 0.05) is 68.8 Å². The highest BCUT2D eigenvalue weighted by Gasteiger charge is 2.22. The Morgan fingerprint density at radius 2 is 1.84 bits per heavy atom. The number of fused-ring (bicyclic) bond motifs is 1. The first-order chi connectivity index (χ1) is 18.4. The fourth-order valence-electron chi connectivity index (χ4n) is 5.33. The van der Waals surface area contributed by atoms with Crippen molar-refractivity contribution >= 4 is 22.8 Å². The second-order valence-corrected chi connectivity index (χ2v) is 10.2. The van der Waals surface area contributed by atoms with E-state index >= 15 is 0 Å².